The topological polar surface area (TPSA) is 17.1 Å². The molecular weight excluding hydrogens is 256 g/mol. The minimum atomic E-state index is 0.0281. The third-order valence-electron chi connectivity index (χ3n) is 8.41. The Morgan fingerprint density at radius 2 is 1.81 bits per heavy atom. The van der Waals surface area contributed by atoms with Crippen LogP contribution in [0.5, 0.6) is 0 Å². The zero-order chi connectivity index (χ0) is 14.8. The van der Waals surface area contributed by atoms with E-state index < -0.39 is 0 Å². The quantitative estimate of drug-likeness (QED) is 0.562. The number of allylic oxidation sites excluding steroid dienone is 1. The van der Waals surface area contributed by atoms with Gasteiger partial charge < -0.3 is 0 Å². The van der Waals surface area contributed by atoms with Crippen LogP contribution < -0.4 is 0 Å². The largest absolute Gasteiger partial charge is 0.299 e. The summed E-state index contributed by atoms with van der Waals surface area (Å²) in [4.78, 5) is 12.4. The fourth-order valence-corrected chi connectivity index (χ4v) is 7.03. The van der Waals surface area contributed by atoms with Gasteiger partial charge in [0.1, 0.15) is 5.78 Å². The van der Waals surface area contributed by atoms with Gasteiger partial charge in [-0.15, -0.1) is 0 Å². The van der Waals surface area contributed by atoms with Crippen LogP contribution in [0, 0.1) is 34.5 Å². The van der Waals surface area contributed by atoms with Crippen LogP contribution in [0.2, 0.25) is 0 Å². The SMILES string of the molecule is C=C1CCC[C@@H]2CC[C@@H]3[C@H](CC[C@]4(C)C(=O)CC[C@@H]34)[C@@]12C. The van der Waals surface area contributed by atoms with Crippen molar-refractivity contribution in [1.29, 1.82) is 0 Å². The van der Waals surface area contributed by atoms with Crippen LogP contribution in [0.3, 0.4) is 0 Å². The second kappa shape index (κ2) is 4.46. The second-order valence-corrected chi connectivity index (χ2v) is 8.85. The average Bonchev–Trinajstić information content (AvgIpc) is 2.76. The lowest BCUT2D eigenvalue weighted by atomic mass is 9.44. The number of carbonyl (C=O) groups excluding carboxylic acids is 1. The summed E-state index contributed by atoms with van der Waals surface area (Å²) in [6.45, 7) is 9.33. The molecule has 4 aliphatic carbocycles. The van der Waals surface area contributed by atoms with Gasteiger partial charge in [-0.05, 0) is 80.5 Å². The molecule has 0 N–H and O–H groups in total. The van der Waals surface area contributed by atoms with E-state index in [1.165, 1.54) is 44.9 Å². The third-order valence-corrected chi connectivity index (χ3v) is 8.41. The number of fused-ring (bicyclic) bond motifs is 5. The number of hydrogen-bond donors (Lipinski definition) is 0. The van der Waals surface area contributed by atoms with Gasteiger partial charge in [0.2, 0.25) is 0 Å². The van der Waals surface area contributed by atoms with E-state index >= 15 is 0 Å². The molecule has 6 atom stereocenters. The summed E-state index contributed by atoms with van der Waals surface area (Å²) in [5.74, 6) is 3.73. The van der Waals surface area contributed by atoms with Crippen molar-refractivity contribution in [3.05, 3.63) is 12.2 Å². The highest BCUT2D eigenvalue weighted by Gasteiger charge is 2.60. The molecule has 116 valence electrons. The third kappa shape index (κ3) is 1.67. The maximum absolute atomic E-state index is 12.4. The summed E-state index contributed by atoms with van der Waals surface area (Å²) in [5, 5.41) is 0. The molecule has 21 heavy (non-hydrogen) atoms. The number of Topliss-reactive ketones (excluding diaryl/α,β-unsaturated/α-hetero) is 1. The van der Waals surface area contributed by atoms with Crippen LogP contribution in [-0.4, -0.2) is 5.78 Å². The number of hydrogen-bond acceptors (Lipinski definition) is 1. The van der Waals surface area contributed by atoms with Gasteiger partial charge in [-0.3, -0.25) is 4.79 Å². The van der Waals surface area contributed by atoms with Crippen LogP contribution in [0.15, 0.2) is 12.2 Å². The Morgan fingerprint density at radius 3 is 2.62 bits per heavy atom. The van der Waals surface area contributed by atoms with Gasteiger partial charge in [0.25, 0.3) is 0 Å². The summed E-state index contributed by atoms with van der Waals surface area (Å²) in [5.41, 5.74) is 1.95. The summed E-state index contributed by atoms with van der Waals surface area (Å²) in [7, 11) is 0. The predicted octanol–water partition coefficient (Wildman–Crippen LogP) is 5.15. The van der Waals surface area contributed by atoms with E-state index in [9.17, 15) is 4.79 Å². The lowest BCUT2D eigenvalue weighted by Crippen LogP contribution is -2.53. The van der Waals surface area contributed by atoms with Gasteiger partial charge in [-0.2, -0.15) is 0 Å². The average molecular weight is 286 g/mol. The smallest absolute Gasteiger partial charge is 0.139 e. The highest BCUT2D eigenvalue weighted by Crippen LogP contribution is 2.66. The van der Waals surface area contributed by atoms with E-state index in [4.69, 9.17) is 0 Å². The summed E-state index contributed by atoms with van der Waals surface area (Å²) < 4.78 is 0. The summed E-state index contributed by atoms with van der Waals surface area (Å²) in [6, 6.07) is 0. The van der Waals surface area contributed by atoms with E-state index in [-0.39, 0.29) is 5.41 Å². The number of ketones is 1. The maximum Gasteiger partial charge on any atom is 0.139 e. The fourth-order valence-electron chi connectivity index (χ4n) is 7.03. The molecule has 4 aliphatic rings. The van der Waals surface area contributed by atoms with E-state index in [0.29, 0.717) is 17.1 Å². The Kier molecular flexibility index (Phi) is 2.98. The molecule has 0 aliphatic heterocycles. The highest BCUT2D eigenvalue weighted by molar-refractivity contribution is 5.87. The molecule has 0 saturated heterocycles. The van der Waals surface area contributed by atoms with Gasteiger partial charge >= 0.3 is 0 Å². The fraction of sp³-hybridized carbons (Fsp3) is 0.850. The van der Waals surface area contributed by atoms with Crippen molar-refractivity contribution < 1.29 is 4.79 Å². The first-order chi connectivity index (χ1) is 9.98. The molecule has 0 aromatic rings. The molecule has 0 radical (unpaired) electrons. The first-order valence-electron chi connectivity index (χ1n) is 9.19. The Balaban J connectivity index is 1.70. The van der Waals surface area contributed by atoms with Crippen LogP contribution >= 0.6 is 0 Å². The van der Waals surface area contributed by atoms with Crippen molar-refractivity contribution in [2.45, 2.75) is 71.6 Å². The molecule has 1 heteroatoms. The first kappa shape index (κ1) is 14.0. The van der Waals surface area contributed by atoms with Crippen LogP contribution in [0.4, 0.5) is 0 Å². The molecule has 4 fully saturated rings. The summed E-state index contributed by atoms with van der Waals surface area (Å²) in [6.07, 6.45) is 11.2. The van der Waals surface area contributed by atoms with Gasteiger partial charge in [-0.25, -0.2) is 0 Å². The normalized spacial score (nSPS) is 53.0. The zero-order valence-corrected chi connectivity index (χ0v) is 13.8. The van der Waals surface area contributed by atoms with Crippen molar-refractivity contribution in [1.82, 2.24) is 0 Å². The van der Waals surface area contributed by atoms with Crippen molar-refractivity contribution in [2.24, 2.45) is 34.5 Å². The monoisotopic (exact) mass is 286 g/mol. The maximum atomic E-state index is 12.4. The molecule has 1 nitrogen and oxygen atoms in total. The van der Waals surface area contributed by atoms with Gasteiger partial charge in [-0.1, -0.05) is 26.0 Å². The van der Waals surface area contributed by atoms with Crippen molar-refractivity contribution in [2.75, 3.05) is 0 Å². The van der Waals surface area contributed by atoms with Crippen LogP contribution in [-0.2, 0) is 4.79 Å². The second-order valence-electron chi connectivity index (χ2n) is 8.85. The molecule has 0 bridgehead atoms. The number of rotatable bonds is 0. The van der Waals surface area contributed by atoms with Crippen LogP contribution in [0.1, 0.15) is 71.6 Å². The lowest BCUT2D eigenvalue weighted by molar-refractivity contribution is -0.135. The predicted molar refractivity (Wildman–Crippen MR) is 85.9 cm³/mol. The minimum absolute atomic E-state index is 0.0281. The molecule has 0 amide bonds. The Hall–Kier alpha value is -0.590. The standard InChI is InChI=1S/C20H30O/c1-13-5-4-6-14-7-8-15-16-9-10-18(21)19(16,2)12-11-17(15)20(13,14)3/h14-17H,1,4-12H2,2-3H3/t14-,15+,16+,17+,19+,20+/m1/s1. The Labute approximate surface area is 129 Å². The minimum Gasteiger partial charge on any atom is -0.299 e. The van der Waals surface area contributed by atoms with Gasteiger partial charge in [0, 0.05) is 11.8 Å². The van der Waals surface area contributed by atoms with E-state index in [0.717, 1.165) is 30.6 Å². The molecule has 0 aromatic heterocycles. The molecule has 4 rings (SSSR count). The number of carbonyl (C=O) groups is 1. The molecule has 0 spiro atoms. The zero-order valence-electron chi connectivity index (χ0n) is 13.8. The van der Waals surface area contributed by atoms with Gasteiger partial charge in [0.15, 0.2) is 0 Å². The molecular formula is C20H30O. The van der Waals surface area contributed by atoms with E-state index in [1.54, 1.807) is 5.57 Å². The summed E-state index contributed by atoms with van der Waals surface area (Å²) >= 11 is 0. The molecule has 4 saturated carbocycles. The van der Waals surface area contributed by atoms with Crippen LogP contribution in [0.25, 0.3) is 0 Å². The van der Waals surface area contributed by atoms with Crippen molar-refractivity contribution in [3.8, 4) is 0 Å². The van der Waals surface area contributed by atoms with E-state index in [1.807, 2.05) is 0 Å². The lowest BCUT2D eigenvalue weighted by Gasteiger charge is -2.60. The molecule has 0 heterocycles. The van der Waals surface area contributed by atoms with E-state index in [2.05, 4.69) is 20.4 Å². The molecule has 0 aromatic carbocycles. The first-order valence-corrected chi connectivity index (χ1v) is 9.19. The highest BCUT2D eigenvalue weighted by atomic mass is 16.1. The molecule has 0 unspecified atom stereocenters. The van der Waals surface area contributed by atoms with Crippen molar-refractivity contribution >= 4 is 5.78 Å². The Morgan fingerprint density at radius 1 is 1.00 bits per heavy atom. The van der Waals surface area contributed by atoms with Crippen molar-refractivity contribution in [3.63, 3.8) is 0 Å². The Bertz CT molecular complexity index is 492. The van der Waals surface area contributed by atoms with Gasteiger partial charge in [0.05, 0.1) is 0 Å².